The summed E-state index contributed by atoms with van der Waals surface area (Å²) in [6.07, 6.45) is 6.33. The van der Waals surface area contributed by atoms with Crippen LogP contribution in [0.3, 0.4) is 0 Å². The van der Waals surface area contributed by atoms with Crippen LogP contribution in [-0.2, 0) is 10.0 Å². The highest BCUT2D eigenvalue weighted by molar-refractivity contribution is 7.89. The van der Waals surface area contributed by atoms with Gasteiger partial charge in [-0.3, -0.25) is 0 Å². The van der Waals surface area contributed by atoms with E-state index < -0.39 is 10.0 Å². The van der Waals surface area contributed by atoms with Gasteiger partial charge in [0.15, 0.2) is 0 Å². The molecular weight excluding hydrogens is 286 g/mol. The molecule has 116 valence electrons. The number of nitrogens with zero attached hydrogens (tertiary/aromatic N) is 1. The third kappa shape index (κ3) is 2.62. The number of nitrogens with two attached hydrogens (primary N) is 1. The maximum Gasteiger partial charge on any atom is 0.240 e. The molecule has 0 amide bonds. The molecule has 0 spiro atoms. The summed E-state index contributed by atoms with van der Waals surface area (Å²) >= 11 is 0. The number of anilines is 2. The average Bonchev–Trinajstić information content (AvgIpc) is 2.95. The van der Waals surface area contributed by atoms with Crippen LogP contribution in [0.1, 0.15) is 32.1 Å². The van der Waals surface area contributed by atoms with Gasteiger partial charge >= 0.3 is 0 Å². The van der Waals surface area contributed by atoms with Crippen molar-refractivity contribution in [2.24, 2.45) is 5.92 Å². The molecule has 0 radical (unpaired) electrons. The summed E-state index contributed by atoms with van der Waals surface area (Å²) in [6.45, 7) is 1.02. The molecule has 1 saturated heterocycles. The number of hydrogen-bond acceptors (Lipinski definition) is 4. The Morgan fingerprint density at radius 3 is 2.71 bits per heavy atom. The summed E-state index contributed by atoms with van der Waals surface area (Å²) in [6, 6.07) is 5.66. The van der Waals surface area contributed by atoms with E-state index in [0.717, 1.165) is 18.2 Å². The van der Waals surface area contributed by atoms with Crippen LogP contribution in [0.2, 0.25) is 0 Å². The lowest BCUT2D eigenvalue weighted by molar-refractivity contribution is 0.363. The molecular formula is C15H23N3O2S. The number of sulfonamides is 1. The number of rotatable bonds is 3. The minimum Gasteiger partial charge on any atom is -0.397 e. The van der Waals surface area contributed by atoms with Crippen molar-refractivity contribution < 1.29 is 8.42 Å². The molecule has 1 heterocycles. The first-order chi connectivity index (χ1) is 10.0. The highest BCUT2D eigenvalue weighted by Gasteiger charge is 2.35. The van der Waals surface area contributed by atoms with Crippen molar-refractivity contribution in [3.63, 3.8) is 0 Å². The Labute approximate surface area is 126 Å². The monoisotopic (exact) mass is 309 g/mol. The van der Waals surface area contributed by atoms with Gasteiger partial charge in [-0.05, 0) is 56.8 Å². The van der Waals surface area contributed by atoms with Crippen molar-refractivity contribution in [1.82, 2.24) is 4.72 Å². The van der Waals surface area contributed by atoms with Crippen LogP contribution in [-0.4, -0.2) is 28.1 Å². The van der Waals surface area contributed by atoms with Crippen molar-refractivity contribution >= 4 is 21.4 Å². The van der Waals surface area contributed by atoms with Gasteiger partial charge in [0.1, 0.15) is 0 Å². The maximum atomic E-state index is 11.8. The molecule has 21 heavy (non-hydrogen) atoms. The zero-order chi connectivity index (χ0) is 15.0. The fourth-order valence-electron chi connectivity index (χ4n) is 3.83. The lowest BCUT2D eigenvalue weighted by atomic mass is 9.91. The van der Waals surface area contributed by atoms with E-state index in [4.69, 9.17) is 5.73 Å². The topological polar surface area (TPSA) is 75.4 Å². The molecule has 1 aromatic carbocycles. The lowest BCUT2D eigenvalue weighted by Gasteiger charge is -2.40. The highest BCUT2D eigenvalue weighted by Crippen LogP contribution is 2.41. The molecule has 5 nitrogen and oxygen atoms in total. The van der Waals surface area contributed by atoms with Gasteiger partial charge in [0.2, 0.25) is 10.0 Å². The van der Waals surface area contributed by atoms with Crippen LogP contribution in [0.4, 0.5) is 11.4 Å². The first-order valence-corrected chi connectivity index (χ1v) is 9.11. The van der Waals surface area contributed by atoms with E-state index in [1.54, 1.807) is 12.1 Å². The number of nitrogen functional groups attached to an aromatic ring is 1. The zero-order valence-corrected chi connectivity index (χ0v) is 13.2. The van der Waals surface area contributed by atoms with Gasteiger partial charge in [-0.15, -0.1) is 0 Å². The fraction of sp³-hybridized carbons (Fsp3) is 0.600. The minimum absolute atomic E-state index is 0.228. The average molecular weight is 309 g/mol. The Hall–Kier alpha value is -1.27. The van der Waals surface area contributed by atoms with Crippen molar-refractivity contribution in [3.05, 3.63) is 18.2 Å². The Morgan fingerprint density at radius 2 is 2.00 bits per heavy atom. The van der Waals surface area contributed by atoms with Crippen LogP contribution in [0.5, 0.6) is 0 Å². The highest BCUT2D eigenvalue weighted by atomic mass is 32.2. The molecule has 1 saturated carbocycles. The predicted molar refractivity (Wildman–Crippen MR) is 84.8 cm³/mol. The van der Waals surface area contributed by atoms with Crippen LogP contribution in [0.15, 0.2) is 23.1 Å². The molecule has 2 unspecified atom stereocenters. The van der Waals surface area contributed by atoms with E-state index in [1.807, 2.05) is 6.07 Å². The van der Waals surface area contributed by atoms with E-state index in [9.17, 15) is 8.42 Å². The van der Waals surface area contributed by atoms with Gasteiger partial charge in [-0.1, -0.05) is 6.42 Å². The molecule has 3 N–H and O–H groups in total. The summed E-state index contributed by atoms with van der Waals surface area (Å²) in [7, 11) is -2.02. The van der Waals surface area contributed by atoms with E-state index in [2.05, 4.69) is 9.62 Å². The summed E-state index contributed by atoms with van der Waals surface area (Å²) in [5, 5.41) is 0. The van der Waals surface area contributed by atoms with Crippen molar-refractivity contribution in [1.29, 1.82) is 0 Å². The fourth-order valence-corrected chi connectivity index (χ4v) is 4.60. The molecule has 1 aliphatic heterocycles. The SMILES string of the molecule is CNS(=O)(=O)c1ccc(N2CCCC3CCCC32)c(N)c1. The van der Waals surface area contributed by atoms with E-state index in [0.29, 0.717) is 11.7 Å². The van der Waals surface area contributed by atoms with Crippen LogP contribution in [0, 0.1) is 5.92 Å². The summed E-state index contributed by atoms with van der Waals surface area (Å²) in [5.41, 5.74) is 7.69. The normalized spacial score (nSPS) is 25.9. The quantitative estimate of drug-likeness (QED) is 0.837. The van der Waals surface area contributed by atoms with Crippen LogP contribution >= 0.6 is 0 Å². The first kappa shape index (κ1) is 14.7. The van der Waals surface area contributed by atoms with Gasteiger partial charge in [0, 0.05) is 12.6 Å². The second-order valence-electron chi connectivity index (χ2n) is 6.02. The Balaban J connectivity index is 1.92. The van der Waals surface area contributed by atoms with E-state index in [1.165, 1.54) is 39.2 Å². The minimum atomic E-state index is -3.43. The molecule has 2 aliphatic rings. The van der Waals surface area contributed by atoms with Crippen molar-refractivity contribution in [2.45, 2.75) is 43.0 Å². The van der Waals surface area contributed by atoms with Gasteiger partial charge in [-0.25, -0.2) is 13.1 Å². The number of piperidine rings is 1. The van der Waals surface area contributed by atoms with Gasteiger partial charge in [0.25, 0.3) is 0 Å². The largest absolute Gasteiger partial charge is 0.397 e. The molecule has 2 fully saturated rings. The zero-order valence-electron chi connectivity index (χ0n) is 12.4. The molecule has 1 aromatic rings. The number of nitrogens with one attached hydrogen (secondary N) is 1. The molecule has 0 bridgehead atoms. The number of benzene rings is 1. The summed E-state index contributed by atoms with van der Waals surface area (Å²) in [5.74, 6) is 0.777. The van der Waals surface area contributed by atoms with Gasteiger partial charge in [0.05, 0.1) is 16.3 Å². The Morgan fingerprint density at radius 1 is 1.24 bits per heavy atom. The van der Waals surface area contributed by atoms with Gasteiger partial charge in [-0.2, -0.15) is 0 Å². The maximum absolute atomic E-state index is 11.8. The molecule has 6 heteroatoms. The van der Waals surface area contributed by atoms with Crippen molar-refractivity contribution in [3.8, 4) is 0 Å². The van der Waals surface area contributed by atoms with Gasteiger partial charge < -0.3 is 10.6 Å². The molecule has 0 aromatic heterocycles. The van der Waals surface area contributed by atoms with Crippen LogP contribution in [0.25, 0.3) is 0 Å². The lowest BCUT2D eigenvalue weighted by Crippen LogP contribution is -2.43. The van der Waals surface area contributed by atoms with E-state index >= 15 is 0 Å². The van der Waals surface area contributed by atoms with Crippen molar-refractivity contribution in [2.75, 3.05) is 24.2 Å². The molecule has 2 atom stereocenters. The second kappa shape index (κ2) is 5.50. The van der Waals surface area contributed by atoms with E-state index in [-0.39, 0.29) is 4.90 Å². The summed E-state index contributed by atoms with van der Waals surface area (Å²) in [4.78, 5) is 2.62. The smallest absolute Gasteiger partial charge is 0.240 e. The number of hydrogen-bond donors (Lipinski definition) is 2. The molecule has 3 rings (SSSR count). The predicted octanol–water partition coefficient (Wildman–Crippen LogP) is 1.95. The first-order valence-electron chi connectivity index (χ1n) is 7.62. The Bertz CT molecular complexity index is 630. The third-order valence-corrected chi connectivity index (χ3v) is 6.29. The summed E-state index contributed by atoms with van der Waals surface area (Å²) < 4.78 is 26.0. The molecule has 1 aliphatic carbocycles. The Kier molecular flexibility index (Phi) is 3.84. The van der Waals surface area contributed by atoms with Crippen LogP contribution < -0.4 is 15.4 Å². The third-order valence-electron chi connectivity index (χ3n) is 4.88. The second-order valence-corrected chi connectivity index (χ2v) is 7.91. The number of fused-ring (bicyclic) bond motifs is 1. The standard InChI is InChI=1S/C15H23N3O2S/c1-17-21(19,20)12-7-8-15(13(16)10-12)18-9-3-5-11-4-2-6-14(11)18/h7-8,10-11,14,17H,2-6,9,16H2,1H3.